The monoisotopic (exact) mass is 320 g/mol. The third-order valence-corrected chi connectivity index (χ3v) is 4.53. The van der Waals surface area contributed by atoms with Crippen LogP contribution in [0.2, 0.25) is 0 Å². The van der Waals surface area contributed by atoms with Crippen LogP contribution in [0.15, 0.2) is 66.2 Å². The van der Waals surface area contributed by atoms with Gasteiger partial charge in [-0.25, -0.2) is 0 Å². The summed E-state index contributed by atoms with van der Waals surface area (Å²) in [5.41, 5.74) is 4.18. The van der Waals surface area contributed by atoms with E-state index in [1.165, 1.54) is 11.1 Å². The number of nitrogens with zero attached hydrogens (tertiary/aromatic N) is 2. The molecule has 1 aliphatic heterocycles. The summed E-state index contributed by atoms with van der Waals surface area (Å²) in [7, 11) is 0. The minimum absolute atomic E-state index is 0.225. The molecule has 3 nitrogen and oxygen atoms in total. The molecule has 0 bridgehead atoms. The molecule has 0 aromatic heterocycles. The smallest absolute Gasteiger partial charge is 0.297 e. The molecule has 24 heavy (non-hydrogen) atoms. The fourth-order valence-electron chi connectivity index (χ4n) is 2.85. The van der Waals surface area contributed by atoms with E-state index < -0.39 is 0 Å². The molecular weight excluding hydrogens is 296 g/mol. The maximum atomic E-state index is 5.93. The number of hydrogen-bond acceptors (Lipinski definition) is 2. The largest absolute Gasteiger partial charge is 0.465 e. The van der Waals surface area contributed by atoms with E-state index in [0.29, 0.717) is 12.6 Å². The molecule has 1 heterocycles. The minimum atomic E-state index is -0.225. The molecule has 3 heteroatoms. The van der Waals surface area contributed by atoms with Crippen LogP contribution in [0.3, 0.4) is 0 Å². The normalized spacial score (nSPS) is 22.3. The van der Waals surface area contributed by atoms with E-state index in [4.69, 9.17) is 9.73 Å². The number of rotatable bonds is 3. The highest BCUT2D eigenvalue weighted by atomic mass is 16.5. The first-order valence-electron chi connectivity index (χ1n) is 8.30. The van der Waals surface area contributed by atoms with E-state index in [9.17, 15) is 0 Å². The highest BCUT2D eigenvalue weighted by Crippen LogP contribution is 2.33. The molecule has 0 N–H and O–H groups in total. The summed E-state index contributed by atoms with van der Waals surface area (Å²) in [6.07, 6.45) is 2.86. The molecule has 0 radical (unpaired) electrons. The third-order valence-electron chi connectivity index (χ3n) is 4.53. The molecule has 1 atom stereocenters. The number of benzene rings is 2. The number of aryl methyl sites for hydroxylation is 2. The zero-order chi connectivity index (χ0) is 17.2. The molecule has 2 aromatic rings. The summed E-state index contributed by atoms with van der Waals surface area (Å²) in [4.78, 5) is 6.90. The van der Waals surface area contributed by atoms with Crippen LogP contribution in [-0.2, 0) is 4.74 Å². The van der Waals surface area contributed by atoms with Crippen LogP contribution in [0.1, 0.15) is 24.5 Å². The Labute approximate surface area is 144 Å². The standard InChI is InChI=1S/C21H24N2O/c1-5-21(4)14-15-24-20(22-18-10-6-16(2)7-11-18)23(21)19-12-8-17(3)9-13-19/h5-13H,1,14-15H2,2-4H3. The summed E-state index contributed by atoms with van der Waals surface area (Å²) < 4.78 is 5.93. The summed E-state index contributed by atoms with van der Waals surface area (Å²) in [5.74, 6) is 0. The molecule has 0 amide bonds. The van der Waals surface area contributed by atoms with Crippen molar-refractivity contribution in [3.63, 3.8) is 0 Å². The molecule has 0 spiro atoms. The van der Waals surface area contributed by atoms with Gasteiger partial charge in [0, 0.05) is 12.1 Å². The Morgan fingerprint density at radius 1 is 1.04 bits per heavy atom. The van der Waals surface area contributed by atoms with Crippen molar-refractivity contribution in [3.05, 3.63) is 72.3 Å². The first kappa shape index (κ1) is 16.3. The van der Waals surface area contributed by atoms with Crippen molar-refractivity contribution in [3.8, 4) is 0 Å². The van der Waals surface area contributed by atoms with E-state index in [0.717, 1.165) is 17.8 Å². The molecule has 3 rings (SSSR count). The Morgan fingerprint density at radius 2 is 1.62 bits per heavy atom. The quantitative estimate of drug-likeness (QED) is 0.729. The highest BCUT2D eigenvalue weighted by molar-refractivity contribution is 5.96. The first-order valence-corrected chi connectivity index (χ1v) is 8.30. The maximum absolute atomic E-state index is 5.93. The fourth-order valence-corrected chi connectivity index (χ4v) is 2.85. The maximum Gasteiger partial charge on any atom is 0.297 e. The van der Waals surface area contributed by atoms with E-state index >= 15 is 0 Å². The molecule has 1 unspecified atom stereocenters. The van der Waals surface area contributed by atoms with Gasteiger partial charge in [0.2, 0.25) is 0 Å². The average molecular weight is 320 g/mol. The second-order valence-electron chi connectivity index (χ2n) is 6.56. The summed E-state index contributed by atoms with van der Waals surface area (Å²) in [5, 5.41) is 0. The van der Waals surface area contributed by atoms with Gasteiger partial charge in [-0.15, -0.1) is 6.58 Å². The van der Waals surface area contributed by atoms with Crippen LogP contribution in [0.5, 0.6) is 0 Å². The van der Waals surface area contributed by atoms with Crippen LogP contribution >= 0.6 is 0 Å². The van der Waals surface area contributed by atoms with Gasteiger partial charge < -0.3 is 4.74 Å². The number of aliphatic imine (C=N–C) groups is 1. The SMILES string of the molecule is C=CC1(C)CCOC(=Nc2ccc(C)cc2)N1c1ccc(C)cc1. The number of anilines is 1. The molecule has 1 fully saturated rings. The van der Waals surface area contributed by atoms with Gasteiger partial charge in [-0.2, -0.15) is 4.99 Å². The predicted octanol–water partition coefficient (Wildman–Crippen LogP) is 5.16. The molecule has 2 aromatic carbocycles. The van der Waals surface area contributed by atoms with Crippen molar-refractivity contribution in [2.24, 2.45) is 4.99 Å². The summed E-state index contributed by atoms with van der Waals surface area (Å²) >= 11 is 0. The van der Waals surface area contributed by atoms with Gasteiger partial charge in [0.15, 0.2) is 0 Å². The lowest BCUT2D eigenvalue weighted by molar-refractivity contribution is 0.226. The Balaban J connectivity index is 2.06. The Hall–Kier alpha value is -2.55. The van der Waals surface area contributed by atoms with Crippen molar-refractivity contribution in [1.29, 1.82) is 0 Å². The third kappa shape index (κ3) is 3.21. The van der Waals surface area contributed by atoms with Crippen LogP contribution in [0.4, 0.5) is 11.4 Å². The molecule has 1 saturated heterocycles. The Bertz CT molecular complexity index is 746. The van der Waals surface area contributed by atoms with Gasteiger partial charge in [-0.1, -0.05) is 41.5 Å². The van der Waals surface area contributed by atoms with Crippen molar-refractivity contribution in [2.45, 2.75) is 32.7 Å². The van der Waals surface area contributed by atoms with Gasteiger partial charge in [0.05, 0.1) is 17.8 Å². The van der Waals surface area contributed by atoms with Crippen LogP contribution < -0.4 is 4.90 Å². The van der Waals surface area contributed by atoms with E-state index in [1.807, 2.05) is 18.2 Å². The van der Waals surface area contributed by atoms with Crippen LogP contribution in [-0.4, -0.2) is 18.2 Å². The van der Waals surface area contributed by atoms with Crippen molar-refractivity contribution in [1.82, 2.24) is 0 Å². The van der Waals surface area contributed by atoms with Crippen molar-refractivity contribution < 1.29 is 4.74 Å². The van der Waals surface area contributed by atoms with E-state index in [1.54, 1.807) is 0 Å². The van der Waals surface area contributed by atoms with Crippen molar-refractivity contribution in [2.75, 3.05) is 11.5 Å². The summed E-state index contributed by atoms with van der Waals surface area (Å²) in [6, 6.07) is 17.2. The van der Waals surface area contributed by atoms with Gasteiger partial charge in [-0.05, 0) is 45.0 Å². The second kappa shape index (κ2) is 6.52. The van der Waals surface area contributed by atoms with Crippen LogP contribution in [0.25, 0.3) is 0 Å². The molecule has 0 aliphatic carbocycles. The lowest BCUT2D eigenvalue weighted by atomic mass is 9.94. The first-order chi connectivity index (χ1) is 11.5. The van der Waals surface area contributed by atoms with Crippen molar-refractivity contribution >= 4 is 17.4 Å². The highest BCUT2D eigenvalue weighted by Gasteiger charge is 2.37. The topological polar surface area (TPSA) is 24.8 Å². The number of ether oxygens (including phenoxy) is 1. The number of hydrogen-bond donors (Lipinski definition) is 0. The lowest BCUT2D eigenvalue weighted by Crippen LogP contribution is -2.54. The molecule has 1 aliphatic rings. The predicted molar refractivity (Wildman–Crippen MR) is 101 cm³/mol. The Morgan fingerprint density at radius 3 is 2.21 bits per heavy atom. The molecular formula is C21H24N2O. The van der Waals surface area contributed by atoms with Crippen LogP contribution in [0, 0.1) is 13.8 Å². The second-order valence-corrected chi connectivity index (χ2v) is 6.56. The van der Waals surface area contributed by atoms with Gasteiger partial charge in [-0.3, -0.25) is 4.90 Å². The number of amidine groups is 1. The lowest BCUT2D eigenvalue weighted by Gasteiger charge is -2.44. The zero-order valence-corrected chi connectivity index (χ0v) is 14.6. The van der Waals surface area contributed by atoms with E-state index in [-0.39, 0.29) is 5.54 Å². The van der Waals surface area contributed by atoms with Gasteiger partial charge >= 0.3 is 0 Å². The Kier molecular flexibility index (Phi) is 4.43. The van der Waals surface area contributed by atoms with Gasteiger partial charge in [0.25, 0.3) is 6.02 Å². The zero-order valence-electron chi connectivity index (χ0n) is 14.6. The van der Waals surface area contributed by atoms with Gasteiger partial charge in [0.1, 0.15) is 0 Å². The van der Waals surface area contributed by atoms with E-state index in [2.05, 4.69) is 68.6 Å². The summed E-state index contributed by atoms with van der Waals surface area (Å²) in [6.45, 7) is 11.0. The minimum Gasteiger partial charge on any atom is -0.465 e. The molecule has 0 saturated carbocycles. The fraction of sp³-hybridized carbons (Fsp3) is 0.286. The average Bonchev–Trinajstić information content (AvgIpc) is 2.58. The molecule has 124 valence electrons.